The van der Waals surface area contributed by atoms with E-state index in [0.717, 1.165) is 0 Å². The molecule has 7 heteroatoms. The molecule has 118 valence electrons. The van der Waals surface area contributed by atoms with E-state index in [1.807, 2.05) is 0 Å². The van der Waals surface area contributed by atoms with Crippen LogP contribution in [0.1, 0.15) is 10.4 Å². The number of rotatable bonds is 5. The Morgan fingerprint density at radius 3 is 2.61 bits per heavy atom. The number of anilines is 1. The standard InChI is InChI=1S/C16H13ClN2O3S/c1-2-10-18-16(20)12-6-5-7-13(11-12)23(21,22)19-15-9-4-3-8-14(15)17/h1,3-9,11,19H,10H2,(H,18,20). The van der Waals surface area contributed by atoms with E-state index in [1.165, 1.54) is 24.3 Å². The maximum Gasteiger partial charge on any atom is 0.261 e. The summed E-state index contributed by atoms with van der Waals surface area (Å²) in [7, 11) is -3.87. The van der Waals surface area contributed by atoms with Crippen molar-refractivity contribution >= 4 is 33.2 Å². The molecule has 0 aliphatic rings. The minimum absolute atomic E-state index is 0.0502. The molecule has 0 saturated carbocycles. The molecule has 2 N–H and O–H groups in total. The Balaban J connectivity index is 2.29. The maximum absolute atomic E-state index is 12.4. The molecular weight excluding hydrogens is 336 g/mol. The van der Waals surface area contributed by atoms with Gasteiger partial charge in [0, 0.05) is 5.56 Å². The van der Waals surface area contributed by atoms with Crippen LogP contribution in [-0.2, 0) is 10.0 Å². The summed E-state index contributed by atoms with van der Waals surface area (Å²) in [6.07, 6.45) is 5.07. The summed E-state index contributed by atoms with van der Waals surface area (Å²) < 4.78 is 27.2. The van der Waals surface area contributed by atoms with Crippen LogP contribution >= 0.6 is 11.6 Å². The SMILES string of the molecule is C#CCNC(=O)c1cccc(S(=O)(=O)Nc2ccccc2Cl)c1. The van der Waals surface area contributed by atoms with E-state index in [9.17, 15) is 13.2 Å². The highest BCUT2D eigenvalue weighted by molar-refractivity contribution is 7.92. The predicted octanol–water partition coefficient (Wildman–Crippen LogP) is 2.50. The molecule has 23 heavy (non-hydrogen) atoms. The summed E-state index contributed by atoms with van der Waals surface area (Å²) in [5.74, 6) is 1.83. The number of halogens is 1. The zero-order valence-electron chi connectivity index (χ0n) is 11.9. The van der Waals surface area contributed by atoms with Crippen molar-refractivity contribution in [3.8, 4) is 12.3 Å². The fourth-order valence-electron chi connectivity index (χ4n) is 1.79. The fraction of sp³-hybridized carbons (Fsp3) is 0.0625. The summed E-state index contributed by atoms with van der Waals surface area (Å²) in [5, 5.41) is 2.75. The van der Waals surface area contributed by atoms with Gasteiger partial charge in [0.25, 0.3) is 15.9 Å². The van der Waals surface area contributed by atoms with Gasteiger partial charge in [-0.25, -0.2) is 8.42 Å². The molecule has 0 spiro atoms. The molecule has 0 aromatic heterocycles. The van der Waals surface area contributed by atoms with Gasteiger partial charge in [0.05, 0.1) is 22.2 Å². The van der Waals surface area contributed by atoms with Crippen LogP contribution < -0.4 is 10.0 Å². The van der Waals surface area contributed by atoms with Gasteiger partial charge in [-0.05, 0) is 30.3 Å². The Hall–Kier alpha value is -2.49. The average molecular weight is 349 g/mol. The Morgan fingerprint density at radius 1 is 1.17 bits per heavy atom. The first-order valence-electron chi connectivity index (χ1n) is 6.53. The Labute approximate surface area is 139 Å². The smallest absolute Gasteiger partial charge is 0.261 e. The molecule has 0 aliphatic heterocycles. The number of benzene rings is 2. The van der Waals surface area contributed by atoms with E-state index in [2.05, 4.69) is 16.0 Å². The lowest BCUT2D eigenvalue weighted by molar-refractivity contribution is 0.0958. The minimum Gasteiger partial charge on any atom is -0.341 e. The quantitative estimate of drug-likeness (QED) is 0.815. The zero-order valence-corrected chi connectivity index (χ0v) is 13.5. The molecule has 0 heterocycles. The van der Waals surface area contributed by atoms with E-state index in [4.69, 9.17) is 18.0 Å². The summed E-state index contributed by atoms with van der Waals surface area (Å²) in [4.78, 5) is 11.8. The summed E-state index contributed by atoms with van der Waals surface area (Å²) in [6, 6.07) is 12.1. The Kier molecular flexibility index (Phi) is 5.27. The first-order valence-corrected chi connectivity index (χ1v) is 8.39. The summed E-state index contributed by atoms with van der Waals surface area (Å²) in [5.41, 5.74) is 0.457. The van der Waals surface area contributed by atoms with E-state index in [1.54, 1.807) is 24.3 Å². The molecular formula is C16H13ClN2O3S. The lowest BCUT2D eigenvalue weighted by atomic mass is 10.2. The van der Waals surface area contributed by atoms with Gasteiger partial charge in [-0.1, -0.05) is 35.7 Å². The van der Waals surface area contributed by atoms with Crippen molar-refractivity contribution in [2.75, 3.05) is 11.3 Å². The lowest BCUT2D eigenvalue weighted by Crippen LogP contribution is -2.24. The molecule has 0 aliphatic carbocycles. The van der Waals surface area contributed by atoms with Crippen molar-refractivity contribution in [3.05, 3.63) is 59.1 Å². The van der Waals surface area contributed by atoms with Gasteiger partial charge in [-0.3, -0.25) is 9.52 Å². The zero-order chi connectivity index (χ0) is 16.9. The molecule has 0 saturated heterocycles. The number of carbonyl (C=O) groups is 1. The number of nitrogens with one attached hydrogen (secondary N) is 2. The van der Waals surface area contributed by atoms with Gasteiger partial charge in [0.2, 0.25) is 0 Å². The maximum atomic E-state index is 12.4. The molecule has 0 atom stereocenters. The van der Waals surface area contributed by atoms with Crippen molar-refractivity contribution < 1.29 is 13.2 Å². The fourth-order valence-corrected chi connectivity index (χ4v) is 3.15. The predicted molar refractivity (Wildman–Crippen MR) is 89.9 cm³/mol. The number of amides is 1. The van der Waals surface area contributed by atoms with Crippen molar-refractivity contribution in [1.82, 2.24) is 5.32 Å². The largest absolute Gasteiger partial charge is 0.341 e. The second-order valence-electron chi connectivity index (χ2n) is 4.50. The van der Waals surface area contributed by atoms with Crippen LogP contribution in [0.3, 0.4) is 0 Å². The van der Waals surface area contributed by atoms with Crippen LogP contribution in [-0.4, -0.2) is 20.9 Å². The monoisotopic (exact) mass is 348 g/mol. The van der Waals surface area contributed by atoms with Crippen molar-refractivity contribution in [2.24, 2.45) is 0 Å². The molecule has 5 nitrogen and oxygen atoms in total. The van der Waals surface area contributed by atoms with Crippen LogP contribution in [0.2, 0.25) is 5.02 Å². The molecule has 0 fully saturated rings. The second kappa shape index (κ2) is 7.18. The third-order valence-corrected chi connectivity index (χ3v) is 4.57. The van der Waals surface area contributed by atoms with Crippen molar-refractivity contribution in [1.29, 1.82) is 0 Å². The summed E-state index contributed by atoms with van der Waals surface area (Å²) >= 11 is 5.95. The summed E-state index contributed by atoms with van der Waals surface area (Å²) in [6.45, 7) is 0.0632. The number of para-hydroxylation sites is 1. The number of hydrogen-bond acceptors (Lipinski definition) is 3. The second-order valence-corrected chi connectivity index (χ2v) is 6.59. The van der Waals surface area contributed by atoms with Crippen molar-refractivity contribution in [3.63, 3.8) is 0 Å². The van der Waals surface area contributed by atoms with Crippen molar-refractivity contribution in [2.45, 2.75) is 4.90 Å². The average Bonchev–Trinajstić information content (AvgIpc) is 2.54. The van der Waals surface area contributed by atoms with Crippen LogP contribution in [0.15, 0.2) is 53.4 Å². The molecule has 0 unspecified atom stereocenters. The lowest BCUT2D eigenvalue weighted by Gasteiger charge is -2.10. The first-order chi connectivity index (χ1) is 10.9. The van der Waals surface area contributed by atoms with E-state index < -0.39 is 15.9 Å². The van der Waals surface area contributed by atoms with Crippen LogP contribution in [0.25, 0.3) is 0 Å². The van der Waals surface area contributed by atoms with Gasteiger partial charge in [0.15, 0.2) is 0 Å². The van der Waals surface area contributed by atoms with Gasteiger partial charge >= 0.3 is 0 Å². The molecule has 2 aromatic rings. The van der Waals surface area contributed by atoms with Gasteiger partial charge in [0.1, 0.15) is 0 Å². The highest BCUT2D eigenvalue weighted by atomic mass is 35.5. The van der Waals surface area contributed by atoms with Crippen LogP contribution in [0, 0.1) is 12.3 Å². The third kappa shape index (κ3) is 4.25. The van der Waals surface area contributed by atoms with Gasteiger partial charge < -0.3 is 5.32 Å². The van der Waals surface area contributed by atoms with Crippen LogP contribution in [0.4, 0.5) is 5.69 Å². The topological polar surface area (TPSA) is 75.3 Å². The molecule has 2 rings (SSSR count). The van der Waals surface area contributed by atoms with E-state index in [-0.39, 0.29) is 27.7 Å². The van der Waals surface area contributed by atoms with Gasteiger partial charge in [-0.15, -0.1) is 6.42 Å². The van der Waals surface area contributed by atoms with Crippen LogP contribution in [0.5, 0.6) is 0 Å². The number of terminal acetylenes is 1. The molecule has 2 aromatic carbocycles. The van der Waals surface area contributed by atoms with E-state index >= 15 is 0 Å². The number of carbonyl (C=O) groups excluding carboxylic acids is 1. The Bertz CT molecular complexity index is 873. The normalized spacial score (nSPS) is 10.6. The third-order valence-electron chi connectivity index (χ3n) is 2.88. The Morgan fingerprint density at radius 2 is 1.91 bits per heavy atom. The molecule has 0 radical (unpaired) electrons. The van der Waals surface area contributed by atoms with Gasteiger partial charge in [-0.2, -0.15) is 0 Å². The highest BCUT2D eigenvalue weighted by Crippen LogP contribution is 2.24. The molecule has 1 amide bonds. The number of sulfonamides is 1. The van der Waals surface area contributed by atoms with E-state index in [0.29, 0.717) is 0 Å². The first kappa shape index (κ1) is 16.9. The number of hydrogen-bond donors (Lipinski definition) is 2. The minimum atomic E-state index is -3.87. The molecule has 0 bridgehead atoms. The highest BCUT2D eigenvalue weighted by Gasteiger charge is 2.17.